The van der Waals surface area contributed by atoms with Crippen molar-refractivity contribution >= 4 is 12.6 Å². The molecule has 0 radical (unpaired) electrons. The summed E-state index contributed by atoms with van der Waals surface area (Å²) >= 11 is 4.21. The van der Waals surface area contributed by atoms with E-state index in [1.165, 1.54) is 22.3 Å². The van der Waals surface area contributed by atoms with Gasteiger partial charge in [-0.25, -0.2) is 0 Å². The standard InChI is InChI=1S/C11H17NS/c1-7-4-9(3)10(5-8(7)2)11(12)6-13/h4-5,11,13H,6,12H2,1-3H3. The van der Waals surface area contributed by atoms with Gasteiger partial charge in [0.25, 0.3) is 0 Å². The average molecular weight is 195 g/mol. The molecular weight excluding hydrogens is 178 g/mol. The van der Waals surface area contributed by atoms with Crippen molar-refractivity contribution in [1.82, 2.24) is 0 Å². The molecule has 0 saturated carbocycles. The third kappa shape index (κ3) is 2.26. The van der Waals surface area contributed by atoms with Crippen LogP contribution in [0.5, 0.6) is 0 Å². The van der Waals surface area contributed by atoms with Crippen LogP contribution in [0.3, 0.4) is 0 Å². The minimum absolute atomic E-state index is 0.0580. The Bertz CT molecular complexity index is 307. The SMILES string of the molecule is Cc1cc(C)c(C(N)CS)cc1C. The first-order valence-electron chi connectivity index (χ1n) is 4.50. The van der Waals surface area contributed by atoms with Crippen LogP contribution in [0.1, 0.15) is 28.3 Å². The summed E-state index contributed by atoms with van der Waals surface area (Å²) in [5.74, 6) is 0.698. The number of rotatable bonds is 2. The molecule has 0 fully saturated rings. The zero-order chi connectivity index (χ0) is 10.0. The van der Waals surface area contributed by atoms with Crippen LogP contribution >= 0.6 is 12.6 Å². The van der Waals surface area contributed by atoms with Gasteiger partial charge in [0.15, 0.2) is 0 Å². The number of benzene rings is 1. The Hall–Kier alpha value is -0.470. The van der Waals surface area contributed by atoms with E-state index in [2.05, 4.69) is 45.5 Å². The largest absolute Gasteiger partial charge is 0.323 e. The number of aryl methyl sites for hydroxylation is 3. The van der Waals surface area contributed by atoms with Crippen molar-refractivity contribution < 1.29 is 0 Å². The maximum Gasteiger partial charge on any atom is 0.0387 e. The lowest BCUT2D eigenvalue weighted by Crippen LogP contribution is -2.13. The van der Waals surface area contributed by atoms with Gasteiger partial charge in [-0.15, -0.1) is 0 Å². The first-order valence-corrected chi connectivity index (χ1v) is 5.13. The molecule has 13 heavy (non-hydrogen) atoms. The van der Waals surface area contributed by atoms with Gasteiger partial charge in [-0.2, -0.15) is 12.6 Å². The van der Waals surface area contributed by atoms with Crippen molar-refractivity contribution in [2.45, 2.75) is 26.8 Å². The van der Waals surface area contributed by atoms with Crippen LogP contribution in [0.4, 0.5) is 0 Å². The van der Waals surface area contributed by atoms with E-state index in [0.29, 0.717) is 5.75 Å². The van der Waals surface area contributed by atoms with Crippen LogP contribution in [-0.4, -0.2) is 5.75 Å². The normalized spacial score (nSPS) is 13.0. The number of nitrogens with two attached hydrogens (primary N) is 1. The second-order valence-corrected chi connectivity index (χ2v) is 3.95. The van der Waals surface area contributed by atoms with Gasteiger partial charge in [0, 0.05) is 11.8 Å². The highest BCUT2D eigenvalue weighted by Gasteiger charge is 2.08. The van der Waals surface area contributed by atoms with E-state index in [1.54, 1.807) is 0 Å². The van der Waals surface area contributed by atoms with Crippen molar-refractivity contribution in [3.8, 4) is 0 Å². The van der Waals surface area contributed by atoms with E-state index in [-0.39, 0.29) is 6.04 Å². The molecule has 2 N–H and O–H groups in total. The predicted octanol–water partition coefficient (Wildman–Crippen LogP) is 2.54. The lowest BCUT2D eigenvalue weighted by molar-refractivity contribution is 0.823. The molecule has 0 bridgehead atoms. The minimum Gasteiger partial charge on any atom is -0.323 e. The fraction of sp³-hybridized carbons (Fsp3) is 0.455. The zero-order valence-electron chi connectivity index (χ0n) is 8.46. The molecule has 2 heteroatoms. The summed E-state index contributed by atoms with van der Waals surface area (Å²) in [5, 5.41) is 0. The molecule has 0 aromatic heterocycles. The number of thiol groups is 1. The molecule has 1 aromatic rings. The molecule has 0 aliphatic carbocycles. The molecule has 0 amide bonds. The van der Waals surface area contributed by atoms with E-state index in [0.717, 1.165) is 0 Å². The molecule has 0 heterocycles. The summed E-state index contributed by atoms with van der Waals surface area (Å²) < 4.78 is 0. The Morgan fingerprint density at radius 1 is 1.15 bits per heavy atom. The van der Waals surface area contributed by atoms with Crippen molar-refractivity contribution in [2.75, 3.05) is 5.75 Å². The summed E-state index contributed by atoms with van der Waals surface area (Å²) in [7, 11) is 0. The van der Waals surface area contributed by atoms with Gasteiger partial charge < -0.3 is 5.73 Å². The van der Waals surface area contributed by atoms with Gasteiger partial charge >= 0.3 is 0 Å². The number of hydrogen-bond donors (Lipinski definition) is 2. The maximum atomic E-state index is 5.94. The van der Waals surface area contributed by atoms with Crippen LogP contribution in [0.25, 0.3) is 0 Å². The van der Waals surface area contributed by atoms with Crippen LogP contribution in [-0.2, 0) is 0 Å². The third-order valence-electron chi connectivity index (χ3n) is 2.48. The molecular formula is C11H17NS. The highest BCUT2D eigenvalue weighted by Crippen LogP contribution is 2.20. The minimum atomic E-state index is 0.0580. The maximum absolute atomic E-state index is 5.94. The van der Waals surface area contributed by atoms with E-state index >= 15 is 0 Å². The molecule has 0 spiro atoms. The molecule has 72 valence electrons. The molecule has 0 aliphatic heterocycles. The summed E-state index contributed by atoms with van der Waals surface area (Å²) in [6.45, 7) is 6.34. The molecule has 1 aromatic carbocycles. The van der Waals surface area contributed by atoms with Gasteiger partial charge in [0.05, 0.1) is 0 Å². The fourth-order valence-electron chi connectivity index (χ4n) is 1.48. The highest BCUT2D eigenvalue weighted by molar-refractivity contribution is 7.80. The smallest absolute Gasteiger partial charge is 0.0387 e. The van der Waals surface area contributed by atoms with Gasteiger partial charge in [0.2, 0.25) is 0 Å². The molecule has 0 aliphatic rings. The van der Waals surface area contributed by atoms with Crippen molar-refractivity contribution in [1.29, 1.82) is 0 Å². The molecule has 1 rings (SSSR count). The van der Waals surface area contributed by atoms with Crippen molar-refractivity contribution in [3.05, 3.63) is 34.4 Å². The average Bonchev–Trinajstić information content (AvgIpc) is 2.10. The van der Waals surface area contributed by atoms with Crippen LogP contribution in [0, 0.1) is 20.8 Å². The summed E-state index contributed by atoms with van der Waals surface area (Å²) in [6.07, 6.45) is 0. The first-order chi connectivity index (χ1) is 6.06. The zero-order valence-corrected chi connectivity index (χ0v) is 9.36. The lowest BCUT2D eigenvalue weighted by atomic mass is 9.97. The topological polar surface area (TPSA) is 26.0 Å². The first kappa shape index (κ1) is 10.6. The monoisotopic (exact) mass is 195 g/mol. The fourth-order valence-corrected chi connectivity index (χ4v) is 1.68. The summed E-state index contributed by atoms with van der Waals surface area (Å²) in [5.41, 5.74) is 11.1. The van der Waals surface area contributed by atoms with E-state index in [9.17, 15) is 0 Å². The lowest BCUT2D eigenvalue weighted by Gasteiger charge is -2.14. The Labute approximate surface area is 85.8 Å². The Morgan fingerprint density at radius 2 is 1.69 bits per heavy atom. The van der Waals surface area contributed by atoms with Gasteiger partial charge in [0.1, 0.15) is 0 Å². The highest BCUT2D eigenvalue weighted by atomic mass is 32.1. The van der Waals surface area contributed by atoms with Gasteiger partial charge in [-0.3, -0.25) is 0 Å². The van der Waals surface area contributed by atoms with Gasteiger partial charge in [-0.05, 0) is 43.0 Å². The Balaban J connectivity index is 3.15. The molecule has 1 atom stereocenters. The quantitative estimate of drug-likeness (QED) is 0.697. The van der Waals surface area contributed by atoms with E-state index in [1.807, 2.05) is 0 Å². The molecule has 1 unspecified atom stereocenters. The number of hydrogen-bond acceptors (Lipinski definition) is 2. The Kier molecular flexibility index (Phi) is 3.40. The van der Waals surface area contributed by atoms with Crippen LogP contribution in [0.2, 0.25) is 0 Å². The second-order valence-electron chi connectivity index (χ2n) is 3.58. The molecule has 0 saturated heterocycles. The Morgan fingerprint density at radius 3 is 2.23 bits per heavy atom. The van der Waals surface area contributed by atoms with E-state index in [4.69, 9.17) is 5.73 Å². The predicted molar refractivity (Wildman–Crippen MR) is 61.4 cm³/mol. The second kappa shape index (κ2) is 4.16. The summed E-state index contributed by atoms with van der Waals surface area (Å²) in [4.78, 5) is 0. The molecule has 1 nitrogen and oxygen atoms in total. The van der Waals surface area contributed by atoms with Crippen LogP contribution in [0.15, 0.2) is 12.1 Å². The van der Waals surface area contributed by atoms with Crippen LogP contribution < -0.4 is 5.73 Å². The summed E-state index contributed by atoms with van der Waals surface area (Å²) in [6, 6.07) is 4.42. The van der Waals surface area contributed by atoms with E-state index < -0.39 is 0 Å². The van der Waals surface area contributed by atoms with Crippen molar-refractivity contribution in [3.63, 3.8) is 0 Å². The van der Waals surface area contributed by atoms with Gasteiger partial charge in [-0.1, -0.05) is 12.1 Å². The van der Waals surface area contributed by atoms with Crippen molar-refractivity contribution in [2.24, 2.45) is 5.73 Å². The third-order valence-corrected chi connectivity index (χ3v) is 2.87.